The summed E-state index contributed by atoms with van der Waals surface area (Å²) in [6, 6.07) is 40.4. The van der Waals surface area contributed by atoms with E-state index in [1.54, 1.807) is 4.80 Å². The van der Waals surface area contributed by atoms with Gasteiger partial charge in [-0.3, -0.25) is 4.79 Å². The molecule has 0 aliphatic heterocycles. The fourth-order valence-corrected chi connectivity index (χ4v) is 5.66. The molecule has 38 heavy (non-hydrogen) atoms. The van der Waals surface area contributed by atoms with Crippen molar-refractivity contribution in [3.63, 3.8) is 0 Å². The van der Waals surface area contributed by atoms with E-state index in [0.29, 0.717) is 10.8 Å². The van der Waals surface area contributed by atoms with E-state index in [1.807, 2.05) is 84.9 Å². The highest BCUT2D eigenvalue weighted by Gasteiger charge is 2.18. The lowest BCUT2D eigenvalue weighted by Gasteiger charge is -2.17. The average molecular weight is 489 g/mol. The van der Waals surface area contributed by atoms with Gasteiger partial charge in [-0.25, -0.2) is 0 Å². The molecule has 0 aliphatic carbocycles. The predicted octanol–water partition coefficient (Wildman–Crippen LogP) is 7.18. The summed E-state index contributed by atoms with van der Waals surface area (Å²) < 4.78 is 2.19. The van der Waals surface area contributed by atoms with Crippen molar-refractivity contribution in [3.8, 4) is 11.4 Å². The third kappa shape index (κ3) is 2.90. The molecule has 8 rings (SSSR count). The molecular formula is C33H20N4O. The highest BCUT2D eigenvalue weighted by molar-refractivity contribution is 6.10. The van der Waals surface area contributed by atoms with Crippen LogP contribution in [0.3, 0.4) is 0 Å². The van der Waals surface area contributed by atoms with Crippen LogP contribution in [0.1, 0.15) is 0 Å². The van der Waals surface area contributed by atoms with Crippen molar-refractivity contribution in [2.24, 2.45) is 0 Å². The summed E-state index contributed by atoms with van der Waals surface area (Å²) in [5, 5.41) is 15.6. The van der Waals surface area contributed by atoms with Gasteiger partial charge in [0, 0.05) is 26.9 Å². The van der Waals surface area contributed by atoms with E-state index in [0.717, 1.165) is 55.0 Å². The fourth-order valence-electron chi connectivity index (χ4n) is 5.66. The van der Waals surface area contributed by atoms with Crippen LogP contribution in [0.2, 0.25) is 0 Å². The third-order valence-corrected chi connectivity index (χ3v) is 7.37. The van der Waals surface area contributed by atoms with Crippen molar-refractivity contribution in [1.82, 2.24) is 19.6 Å². The number of aromatic nitrogens is 4. The monoisotopic (exact) mass is 488 g/mol. The molecule has 0 amide bonds. The first-order chi connectivity index (χ1) is 18.8. The van der Waals surface area contributed by atoms with Crippen molar-refractivity contribution in [1.29, 1.82) is 0 Å². The Morgan fingerprint density at radius 3 is 1.82 bits per heavy atom. The summed E-state index contributed by atoms with van der Waals surface area (Å²) in [6.07, 6.45) is 0. The minimum atomic E-state index is 0.0414. The van der Waals surface area contributed by atoms with Gasteiger partial charge in [-0.15, -0.1) is 15.0 Å². The molecule has 0 bridgehead atoms. The van der Waals surface area contributed by atoms with Crippen LogP contribution >= 0.6 is 0 Å². The molecule has 0 fully saturated rings. The van der Waals surface area contributed by atoms with Gasteiger partial charge in [0.2, 0.25) is 0 Å². The standard InChI is InChI=1S/C33H20N4O/c38-33-25-15-5-7-17-28(25)36(29-18-8-6-16-26(29)33)31-20-27-32(24-14-4-3-13-23(24)31)35-37(34-27)30-19-9-11-21-10-1-2-12-22(21)30/h1-20H. The van der Waals surface area contributed by atoms with Crippen LogP contribution < -0.4 is 5.43 Å². The van der Waals surface area contributed by atoms with E-state index >= 15 is 0 Å². The van der Waals surface area contributed by atoms with Gasteiger partial charge < -0.3 is 4.57 Å². The number of pyridine rings is 1. The molecule has 8 aromatic rings. The largest absolute Gasteiger partial charge is 0.308 e. The Bertz CT molecular complexity index is 2210. The van der Waals surface area contributed by atoms with Crippen molar-refractivity contribution >= 4 is 54.4 Å². The van der Waals surface area contributed by atoms with Crippen molar-refractivity contribution in [3.05, 3.63) is 132 Å². The highest BCUT2D eigenvalue weighted by atomic mass is 16.1. The van der Waals surface area contributed by atoms with Crippen LogP contribution in [0.4, 0.5) is 0 Å². The van der Waals surface area contributed by atoms with E-state index in [1.165, 1.54) is 0 Å². The summed E-state index contributed by atoms with van der Waals surface area (Å²) in [4.78, 5) is 15.1. The Morgan fingerprint density at radius 1 is 0.500 bits per heavy atom. The zero-order chi connectivity index (χ0) is 25.2. The molecule has 2 aromatic heterocycles. The second-order valence-electron chi connectivity index (χ2n) is 9.50. The van der Waals surface area contributed by atoms with Crippen LogP contribution in [0.15, 0.2) is 126 Å². The first-order valence-electron chi connectivity index (χ1n) is 12.6. The smallest absolute Gasteiger partial charge is 0.197 e. The van der Waals surface area contributed by atoms with E-state index < -0.39 is 0 Å². The maximum Gasteiger partial charge on any atom is 0.197 e. The number of benzene rings is 6. The van der Waals surface area contributed by atoms with E-state index in [-0.39, 0.29) is 5.43 Å². The molecule has 0 unspecified atom stereocenters. The van der Waals surface area contributed by atoms with Crippen LogP contribution in [0.5, 0.6) is 0 Å². The predicted molar refractivity (Wildman–Crippen MR) is 154 cm³/mol. The first kappa shape index (κ1) is 20.9. The molecule has 5 nitrogen and oxygen atoms in total. The molecule has 0 saturated heterocycles. The van der Waals surface area contributed by atoms with Crippen LogP contribution in [-0.4, -0.2) is 19.6 Å². The van der Waals surface area contributed by atoms with Gasteiger partial charge in [-0.05, 0) is 41.8 Å². The van der Waals surface area contributed by atoms with Crippen LogP contribution in [0.25, 0.3) is 65.8 Å². The van der Waals surface area contributed by atoms with Gasteiger partial charge in [-0.2, -0.15) is 0 Å². The molecule has 0 atom stereocenters. The van der Waals surface area contributed by atoms with Gasteiger partial charge >= 0.3 is 0 Å². The molecule has 5 heteroatoms. The van der Waals surface area contributed by atoms with Crippen LogP contribution in [-0.2, 0) is 0 Å². The molecule has 0 radical (unpaired) electrons. The Hall–Kier alpha value is -5.29. The molecule has 2 heterocycles. The van der Waals surface area contributed by atoms with E-state index in [2.05, 4.69) is 41.0 Å². The molecule has 0 aliphatic rings. The molecular weight excluding hydrogens is 468 g/mol. The molecule has 0 saturated carbocycles. The SMILES string of the molecule is O=c1c2ccccc2n(-c2cc3nn(-c4cccc5ccccc45)nc3c3ccccc23)c2ccccc12. The Balaban J connectivity index is 1.51. The summed E-state index contributed by atoms with van der Waals surface area (Å²) >= 11 is 0. The summed E-state index contributed by atoms with van der Waals surface area (Å²) in [7, 11) is 0. The minimum absolute atomic E-state index is 0.0414. The van der Waals surface area contributed by atoms with Gasteiger partial charge in [0.15, 0.2) is 5.43 Å². The van der Waals surface area contributed by atoms with Crippen molar-refractivity contribution in [2.75, 3.05) is 0 Å². The van der Waals surface area contributed by atoms with Gasteiger partial charge in [0.25, 0.3) is 0 Å². The summed E-state index contributed by atoms with van der Waals surface area (Å²) in [6.45, 7) is 0. The minimum Gasteiger partial charge on any atom is -0.308 e. The lowest BCUT2D eigenvalue weighted by molar-refractivity contribution is 0.772. The normalized spacial score (nSPS) is 11.8. The lowest BCUT2D eigenvalue weighted by atomic mass is 10.0. The molecule has 0 N–H and O–H groups in total. The number of para-hydroxylation sites is 2. The number of nitrogens with zero attached hydrogens (tertiary/aromatic N) is 4. The summed E-state index contributed by atoms with van der Waals surface area (Å²) in [5.74, 6) is 0. The fraction of sp³-hybridized carbons (Fsp3) is 0. The average Bonchev–Trinajstić information content (AvgIpc) is 3.41. The number of hydrogen-bond donors (Lipinski definition) is 0. The Morgan fingerprint density at radius 2 is 1.08 bits per heavy atom. The van der Waals surface area contributed by atoms with E-state index in [9.17, 15) is 4.79 Å². The Labute approximate surface area is 216 Å². The lowest BCUT2D eigenvalue weighted by Crippen LogP contribution is -2.10. The first-order valence-corrected chi connectivity index (χ1v) is 12.6. The molecule has 178 valence electrons. The van der Waals surface area contributed by atoms with Gasteiger partial charge in [-0.1, -0.05) is 84.9 Å². The zero-order valence-corrected chi connectivity index (χ0v) is 20.2. The molecule has 0 spiro atoms. The van der Waals surface area contributed by atoms with Crippen molar-refractivity contribution < 1.29 is 0 Å². The maximum absolute atomic E-state index is 13.4. The second-order valence-corrected chi connectivity index (χ2v) is 9.50. The third-order valence-electron chi connectivity index (χ3n) is 7.37. The number of hydrogen-bond acceptors (Lipinski definition) is 3. The van der Waals surface area contributed by atoms with Crippen LogP contribution in [0, 0.1) is 0 Å². The highest BCUT2D eigenvalue weighted by Crippen LogP contribution is 2.34. The topological polar surface area (TPSA) is 52.7 Å². The quantitative estimate of drug-likeness (QED) is 0.242. The van der Waals surface area contributed by atoms with Gasteiger partial charge in [0.1, 0.15) is 11.0 Å². The number of rotatable bonds is 2. The van der Waals surface area contributed by atoms with Crippen molar-refractivity contribution in [2.45, 2.75) is 0 Å². The zero-order valence-electron chi connectivity index (χ0n) is 20.2. The van der Waals surface area contributed by atoms with Gasteiger partial charge in [0.05, 0.1) is 22.4 Å². The molecule has 6 aromatic carbocycles. The maximum atomic E-state index is 13.4. The van der Waals surface area contributed by atoms with E-state index in [4.69, 9.17) is 10.2 Å². The Kier molecular flexibility index (Phi) is 4.31. The second kappa shape index (κ2) is 7.85. The number of fused-ring (bicyclic) bond motifs is 6. The summed E-state index contributed by atoms with van der Waals surface area (Å²) in [5.41, 5.74) is 5.30.